The van der Waals surface area contributed by atoms with Crippen molar-refractivity contribution in [1.29, 1.82) is 0 Å². The van der Waals surface area contributed by atoms with E-state index in [1.165, 1.54) is 60.8 Å². The van der Waals surface area contributed by atoms with Crippen LogP contribution in [0.15, 0.2) is 109 Å². The van der Waals surface area contributed by atoms with E-state index in [0.717, 1.165) is 17.7 Å². The van der Waals surface area contributed by atoms with Gasteiger partial charge in [-0.3, -0.25) is 4.79 Å². The van der Waals surface area contributed by atoms with Gasteiger partial charge in [0.2, 0.25) is 0 Å². The maximum atomic E-state index is 16.1. The molecule has 1 atom stereocenters. The normalized spacial score (nSPS) is 13.8. The lowest BCUT2D eigenvalue weighted by Crippen LogP contribution is -2.40. The Morgan fingerprint density at radius 2 is 1.04 bits per heavy atom. The maximum absolute atomic E-state index is 16.1. The third-order valence-corrected chi connectivity index (χ3v) is 9.09. The lowest BCUT2D eigenvalue weighted by atomic mass is 9.67. The van der Waals surface area contributed by atoms with Crippen molar-refractivity contribution in [2.45, 2.75) is 76.7 Å². The van der Waals surface area contributed by atoms with E-state index in [9.17, 15) is 14.2 Å². The van der Waals surface area contributed by atoms with Crippen LogP contribution in [0.25, 0.3) is 0 Å². The van der Waals surface area contributed by atoms with E-state index < -0.39 is 41.4 Å². The Morgan fingerprint density at radius 3 is 1.48 bits per heavy atom. The summed E-state index contributed by atoms with van der Waals surface area (Å²) in [6, 6.07) is 30.1. The van der Waals surface area contributed by atoms with Crippen molar-refractivity contribution in [3.63, 3.8) is 0 Å². The van der Waals surface area contributed by atoms with Gasteiger partial charge >= 0.3 is 19.2 Å². The second kappa shape index (κ2) is 15.5. The van der Waals surface area contributed by atoms with Crippen molar-refractivity contribution in [3.8, 4) is 0 Å². The number of methoxy groups -OCH3 is 1. The predicted octanol–water partition coefficient (Wildman–Crippen LogP) is 9.82. The predicted molar refractivity (Wildman–Crippen MR) is 186 cm³/mol. The molecule has 8 nitrogen and oxygen atoms in total. The molecule has 4 aromatic rings. The SMILES string of the molecule is COC(=O)c1ccc(CC(Cc2ccc(C(F)(F)P(=O)(OOC(C)(C)C)OOC(C)(C)C)cc2)(C(=O)c2ccccc2)c2ccccc2)cc1. The molecule has 0 aliphatic rings. The Morgan fingerprint density at radius 1 is 0.600 bits per heavy atom. The van der Waals surface area contributed by atoms with Crippen LogP contribution in [0.5, 0.6) is 0 Å². The Labute approximate surface area is 292 Å². The number of hydrogen-bond donors (Lipinski definition) is 0. The molecule has 0 aliphatic heterocycles. The summed E-state index contributed by atoms with van der Waals surface area (Å²) >= 11 is 0. The van der Waals surface area contributed by atoms with E-state index in [0.29, 0.717) is 22.3 Å². The summed E-state index contributed by atoms with van der Waals surface area (Å²) in [5, 5.41) is 0. The fourth-order valence-electron chi connectivity index (χ4n) is 5.16. The van der Waals surface area contributed by atoms with Crippen molar-refractivity contribution >= 4 is 19.3 Å². The first kappa shape index (κ1) is 38.7. The van der Waals surface area contributed by atoms with Gasteiger partial charge in [0.05, 0.1) is 29.3 Å². The van der Waals surface area contributed by atoms with Crippen molar-refractivity contribution in [2.75, 3.05) is 7.11 Å². The van der Waals surface area contributed by atoms with E-state index in [1.807, 2.05) is 36.4 Å². The summed E-state index contributed by atoms with van der Waals surface area (Å²) in [5.41, 5.74) is -5.39. The van der Waals surface area contributed by atoms with Crippen LogP contribution in [0, 0.1) is 0 Å². The molecule has 0 N–H and O–H groups in total. The molecule has 0 amide bonds. The fraction of sp³-hybridized carbons (Fsp3) is 0.333. The molecule has 50 heavy (non-hydrogen) atoms. The standard InChI is InChI=1S/C39H43F2O8P/c1-36(2,3)46-48-50(44,49-47-37(4,5)6)39(40,41)33-24-20-29(21-25-33)27-38(32-16-12-9-13-17-32,34(42)30-14-10-8-11-15-30)26-28-18-22-31(23-19-28)35(43)45-7/h8-25H,26-27H2,1-7H3. The number of ketones is 1. The van der Waals surface area contributed by atoms with E-state index in [1.54, 1.807) is 48.5 Å². The number of rotatable bonds is 14. The highest BCUT2D eigenvalue weighted by atomic mass is 31.2. The van der Waals surface area contributed by atoms with Crippen molar-refractivity contribution in [3.05, 3.63) is 143 Å². The average Bonchev–Trinajstić information content (AvgIpc) is 3.09. The highest BCUT2D eigenvalue weighted by molar-refractivity contribution is 7.54. The molecule has 0 aromatic heterocycles. The second-order valence-corrected chi connectivity index (χ2v) is 15.8. The Bertz CT molecular complexity index is 1760. The van der Waals surface area contributed by atoms with E-state index in [-0.39, 0.29) is 18.6 Å². The van der Waals surface area contributed by atoms with Gasteiger partial charge in [-0.1, -0.05) is 97.1 Å². The summed E-state index contributed by atoms with van der Waals surface area (Å²) in [6.45, 7) is 9.24. The van der Waals surface area contributed by atoms with E-state index in [2.05, 4.69) is 0 Å². The monoisotopic (exact) mass is 708 g/mol. The number of ether oxygens (including phenoxy) is 1. The molecular formula is C39H43F2O8P. The number of alkyl halides is 2. The zero-order chi connectivity index (χ0) is 36.8. The minimum atomic E-state index is -5.42. The maximum Gasteiger partial charge on any atom is 0.457 e. The fourth-order valence-corrected chi connectivity index (χ4v) is 6.48. The Hall–Kier alpha value is -4.05. The van der Waals surface area contributed by atoms with Crippen LogP contribution in [-0.4, -0.2) is 30.1 Å². The minimum absolute atomic E-state index is 0.111. The molecular weight excluding hydrogens is 665 g/mol. The molecule has 0 fully saturated rings. The first-order valence-corrected chi connectivity index (χ1v) is 17.6. The number of esters is 1. The quantitative estimate of drug-likeness (QED) is 0.0420. The van der Waals surface area contributed by atoms with Gasteiger partial charge in [-0.15, -0.1) is 9.35 Å². The average molecular weight is 709 g/mol. The van der Waals surface area contributed by atoms with Crippen LogP contribution in [0.2, 0.25) is 0 Å². The summed E-state index contributed by atoms with van der Waals surface area (Å²) in [4.78, 5) is 36.9. The molecule has 0 aliphatic carbocycles. The minimum Gasteiger partial charge on any atom is -0.465 e. The zero-order valence-electron chi connectivity index (χ0n) is 29.3. The molecule has 0 saturated carbocycles. The molecule has 0 heterocycles. The van der Waals surface area contributed by atoms with Gasteiger partial charge in [0.1, 0.15) is 0 Å². The van der Waals surface area contributed by atoms with Crippen LogP contribution < -0.4 is 0 Å². The number of carbonyl (C=O) groups excluding carboxylic acids is 2. The van der Waals surface area contributed by atoms with E-state index in [4.69, 9.17) is 23.9 Å². The van der Waals surface area contributed by atoms with Gasteiger partial charge in [0.25, 0.3) is 0 Å². The highest BCUT2D eigenvalue weighted by Gasteiger charge is 2.58. The zero-order valence-corrected chi connectivity index (χ0v) is 30.2. The first-order chi connectivity index (χ1) is 23.4. The number of carbonyl (C=O) groups is 2. The van der Waals surface area contributed by atoms with Crippen molar-refractivity contribution in [1.82, 2.24) is 0 Å². The van der Waals surface area contributed by atoms with Crippen LogP contribution in [0.1, 0.15) is 84.5 Å². The molecule has 0 bridgehead atoms. The topological polar surface area (TPSA) is 97.4 Å². The second-order valence-electron chi connectivity index (χ2n) is 14.0. The third kappa shape index (κ3) is 9.38. The first-order valence-electron chi connectivity index (χ1n) is 16.0. The molecule has 0 radical (unpaired) electrons. The van der Waals surface area contributed by atoms with Crippen LogP contribution >= 0.6 is 7.60 Å². The molecule has 0 spiro atoms. The van der Waals surface area contributed by atoms with Crippen LogP contribution in [0.4, 0.5) is 8.78 Å². The van der Waals surface area contributed by atoms with Gasteiger partial charge in [0.15, 0.2) is 5.78 Å². The third-order valence-electron chi connectivity index (χ3n) is 7.60. The highest BCUT2D eigenvalue weighted by Crippen LogP contribution is 2.67. The molecule has 266 valence electrons. The van der Waals surface area contributed by atoms with Gasteiger partial charge in [-0.25, -0.2) is 19.1 Å². The summed E-state index contributed by atoms with van der Waals surface area (Å²) < 4.78 is 60.3. The Balaban J connectivity index is 1.79. The van der Waals surface area contributed by atoms with Gasteiger partial charge in [-0.2, -0.15) is 8.78 Å². The number of benzene rings is 4. The van der Waals surface area contributed by atoms with E-state index >= 15 is 8.78 Å². The Kier molecular flexibility index (Phi) is 12.0. The smallest absolute Gasteiger partial charge is 0.457 e. The summed E-state index contributed by atoms with van der Waals surface area (Å²) in [6.07, 6.45) is 0.329. The van der Waals surface area contributed by atoms with Crippen LogP contribution in [-0.2, 0) is 52.3 Å². The summed E-state index contributed by atoms with van der Waals surface area (Å²) in [7, 11) is -4.12. The number of Topliss-reactive ketones (excluding diaryl/α,β-unsaturated/α-hetero) is 1. The molecule has 4 rings (SSSR count). The lowest BCUT2D eigenvalue weighted by Gasteiger charge is -2.34. The lowest BCUT2D eigenvalue weighted by molar-refractivity contribution is -0.334. The number of halogens is 2. The van der Waals surface area contributed by atoms with Crippen molar-refractivity contribution in [2.24, 2.45) is 0 Å². The number of hydrogen-bond acceptors (Lipinski definition) is 8. The molecule has 1 unspecified atom stereocenters. The molecule has 4 aromatic carbocycles. The van der Waals surface area contributed by atoms with Gasteiger partial charge < -0.3 is 4.74 Å². The van der Waals surface area contributed by atoms with Gasteiger partial charge in [-0.05, 0) is 83.2 Å². The van der Waals surface area contributed by atoms with Crippen LogP contribution in [0.3, 0.4) is 0 Å². The molecule has 0 saturated heterocycles. The molecule has 11 heteroatoms. The summed E-state index contributed by atoms with van der Waals surface area (Å²) in [5.74, 6) is -0.667. The largest absolute Gasteiger partial charge is 0.465 e. The van der Waals surface area contributed by atoms with Crippen molar-refractivity contribution < 1.29 is 46.8 Å². The van der Waals surface area contributed by atoms with Gasteiger partial charge in [0, 0.05) is 11.1 Å².